The predicted octanol–water partition coefficient (Wildman–Crippen LogP) is 1.90. The number of aryl methyl sites for hydroxylation is 1. The van der Waals surface area contributed by atoms with Gasteiger partial charge < -0.3 is 20.1 Å². The topological polar surface area (TPSA) is 66.4 Å². The molecule has 0 radical (unpaired) electrons. The van der Waals surface area contributed by atoms with Crippen molar-refractivity contribution in [2.24, 2.45) is 13.0 Å². The number of carbonyl (C=O) groups is 2. The van der Waals surface area contributed by atoms with Crippen LogP contribution in [0.3, 0.4) is 0 Å². The van der Waals surface area contributed by atoms with E-state index in [0.29, 0.717) is 19.0 Å². The SMILES string of the molecule is Cn1cc(C(=O)N2CCC[C@@H](CNC(=O)[C@H]3CCCN3)C2)c2ccccc21. The van der Waals surface area contributed by atoms with Crippen LogP contribution in [-0.4, -0.2) is 53.5 Å². The number of aromatic nitrogens is 1. The molecule has 2 aliphatic rings. The minimum atomic E-state index is -0.0398. The molecule has 2 aliphatic heterocycles. The quantitative estimate of drug-likeness (QED) is 0.866. The standard InChI is InChI=1S/C21H28N4O2/c1-24-14-17(16-7-2-3-9-19(16)24)21(27)25-11-5-6-15(13-25)12-23-20(26)18-8-4-10-22-18/h2-3,7,9,14-15,18,22H,4-6,8,10-13H2,1H3,(H,23,26)/t15-,18+/m0/s1. The summed E-state index contributed by atoms with van der Waals surface area (Å²) in [7, 11) is 1.98. The number of rotatable bonds is 4. The smallest absolute Gasteiger partial charge is 0.256 e. The average molecular weight is 368 g/mol. The van der Waals surface area contributed by atoms with E-state index >= 15 is 0 Å². The van der Waals surface area contributed by atoms with Crippen LogP contribution in [0.2, 0.25) is 0 Å². The number of likely N-dealkylation sites (tertiary alicyclic amines) is 1. The number of nitrogens with one attached hydrogen (secondary N) is 2. The molecule has 1 aromatic heterocycles. The summed E-state index contributed by atoms with van der Waals surface area (Å²) in [6.45, 7) is 3.07. The molecule has 6 nitrogen and oxygen atoms in total. The highest BCUT2D eigenvalue weighted by molar-refractivity contribution is 6.07. The van der Waals surface area contributed by atoms with Gasteiger partial charge in [-0.05, 0) is 44.2 Å². The van der Waals surface area contributed by atoms with Crippen molar-refractivity contribution in [3.05, 3.63) is 36.0 Å². The van der Waals surface area contributed by atoms with Crippen molar-refractivity contribution >= 4 is 22.7 Å². The van der Waals surface area contributed by atoms with Gasteiger partial charge in [-0.1, -0.05) is 18.2 Å². The Kier molecular flexibility index (Phi) is 5.16. The molecule has 144 valence electrons. The number of para-hydroxylation sites is 1. The van der Waals surface area contributed by atoms with Gasteiger partial charge in [0, 0.05) is 43.8 Å². The van der Waals surface area contributed by atoms with E-state index in [4.69, 9.17) is 0 Å². The van der Waals surface area contributed by atoms with Crippen molar-refractivity contribution in [1.82, 2.24) is 20.1 Å². The fourth-order valence-electron chi connectivity index (χ4n) is 4.38. The Bertz CT molecular complexity index is 838. The minimum Gasteiger partial charge on any atom is -0.354 e. The first-order chi connectivity index (χ1) is 13.1. The van der Waals surface area contributed by atoms with Crippen LogP contribution in [0.4, 0.5) is 0 Å². The lowest BCUT2D eigenvalue weighted by atomic mass is 9.97. The van der Waals surface area contributed by atoms with Crippen LogP contribution >= 0.6 is 0 Å². The van der Waals surface area contributed by atoms with E-state index < -0.39 is 0 Å². The van der Waals surface area contributed by atoms with Crippen LogP contribution in [0.5, 0.6) is 0 Å². The van der Waals surface area contributed by atoms with Crippen molar-refractivity contribution in [2.45, 2.75) is 31.7 Å². The lowest BCUT2D eigenvalue weighted by Gasteiger charge is -2.33. The third-order valence-corrected chi connectivity index (χ3v) is 5.88. The molecular weight excluding hydrogens is 340 g/mol. The molecule has 0 unspecified atom stereocenters. The second-order valence-corrected chi connectivity index (χ2v) is 7.82. The first-order valence-electron chi connectivity index (χ1n) is 9.98. The Morgan fingerprint density at radius 2 is 2.07 bits per heavy atom. The summed E-state index contributed by atoms with van der Waals surface area (Å²) in [6.07, 6.45) is 5.96. The first kappa shape index (κ1) is 18.0. The number of fused-ring (bicyclic) bond motifs is 1. The van der Waals surface area contributed by atoms with Crippen LogP contribution in [0.15, 0.2) is 30.5 Å². The van der Waals surface area contributed by atoms with Gasteiger partial charge >= 0.3 is 0 Å². The fourth-order valence-corrected chi connectivity index (χ4v) is 4.38. The lowest BCUT2D eigenvalue weighted by molar-refractivity contribution is -0.123. The van der Waals surface area contributed by atoms with Crippen molar-refractivity contribution in [2.75, 3.05) is 26.2 Å². The molecular formula is C21H28N4O2. The maximum atomic E-state index is 13.1. The summed E-state index contributed by atoms with van der Waals surface area (Å²) in [5.41, 5.74) is 1.85. The number of hydrogen-bond donors (Lipinski definition) is 2. The third kappa shape index (κ3) is 3.72. The molecule has 2 fully saturated rings. The van der Waals surface area contributed by atoms with Crippen LogP contribution in [0.25, 0.3) is 10.9 Å². The van der Waals surface area contributed by atoms with Crippen molar-refractivity contribution in [3.8, 4) is 0 Å². The molecule has 0 bridgehead atoms. The maximum Gasteiger partial charge on any atom is 0.256 e. The van der Waals surface area contributed by atoms with E-state index in [2.05, 4.69) is 10.6 Å². The van der Waals surface area contributed by atoms with Crippen molar-refractivity contribution in [3.63, 3.8) is 0 Å². The second kappa shape index (κ2) is 7.72. The molecule has 27 heavy (non-hydrogen) atoms. The highest BCUT2D eigenvalue weighted by Crippen LogP contribution is 2.24. The molecule has 2 N–H and O–H groups in total. The predicted molar refractivity (Wildman–Crippen MR) is 106 cm³/mol. The van der Waals surface area contributed by atoms with Gasteiger partial charge in [0.05, 0.1) is 11.6 Å². The zero-order chi connectivity index (χ0) is 18.8. The number of amides is 2. The molecule has 0 saturated carbocycles. The Hall–Kier alpha value is -2.34. The molecule has 2 amide bonds. The average Bonchev–Trinajstić information content (AvgIpc) is 3.35. The maximum absolute atomic E-state index is 13.1. The highest BCUT2D eigenvalue weighted by Gasteiger charge is 2.28. The zero-order valence-corrected chi connectivity index (χ0v) is 15.9. The molecule has 1 aromatic carbocycles. The van der Waals surface area contributed by atoms with Gasteiger partial charge in [0.25, 0.3) is 5.91 Å². The summed E-state index contributed by atoms with van der Waals surface area (Å²) < 4.78 is 2.01. The summed E-state index contributed by atoms with van der Waals surface area (Å²) in [6, 6.07) is 7.98. The Labute approximate surface area is 159 Å². The molecule has 4 rings (SSSR count). The Morgan fingerprint density at radius 1 is 1.22 bits per heavy atom. The summed E-state index contributed by atoms with van der Waals surface area (Å²) in [5.74, 6) is 0.522. The Balaban J connectivity index is 1.40. The van der Waals surface area contributed by atoms with Gasteiger partial charge in [-0.25, -0.2) is 0 Å². The van der Waals surface area contributed by atoms with Gasteiger partial charge in [-0.15, -0.1) is 0 Å². The number of nitrogens with zero attached hydrogens (tertiary/aromatic N) is 2. The van der Waals surface area contributed by atoms with Crippen LogP contribution in [0, 0.1) is 5.92 Å². The van der Waals surface area contributed by atoms with E-state index in [0.717, 1.165) is 55.2 Å². The second-order valence-electron chi connectivity index (χ2n) is 7.82. The highest BCUT2D eigenvalue weighted by atomic mass is 16.2. The van der Waals surface area contributed by atoms with Crippen LogP contribution < -0.4 is 10.6 Å². The molecule has 3 heterocycles. The van der Waals surface area contributed by atoms with Gasteiger partial charge in [0.2, 0.25) is 5.91 Å². The molecule has 0 spiro atoms. The number of piperidine rings is 1. The van der Waals surface area contributed by atoms with E-state index in [9.17, 15) is 9.59 Å². The number of benzene rings is 1. The molecule has 2 saturated heterocycles. The van der Waals surface area contributed by atoms with Gasteiger partial charge in [-0.2, -0.15) is 0 Å². The molecule has 2 atom stereocenters. The van der Waals surface area contributed by atoms with E-state index in [-0.39, 0.29) is 17.9 Å². The largest absolute Gasteiger partial charge is 0.354 e. The lowest BCUT2D eigenvalue weighted by Crippen LogP contribution is -2.46. The summed E-state index contributed by atoms with van der Waals surface area (Å²) >= 11 is 0. The first-order valence-corrected chi connectivity index (χ1v) is 9.98. The van der Waals surface area contributed by atoms with Crippen molar-refractivity contribution < 1.29 is 9.59 Å². The summed E-state index contributed by atoms with van der Waals surface area (Å²) in [5, 5.41) is 7.32. The minimum absolute atomic E-state index is 0.0398. The zero-order valence-electron chi connectivity index (χ0n) is 15.9. The summed E-state index contributed by atoms with van der Waals surface area (Å²) in [4.78, 5) is 27.3. The number of carbonyl (C=O) groups excluding carboxylic acids is 2. The number of hydrogen-bond acceptors (Lipinski definition) is 3. The van der Waals surface area contributed by atoms with E-state index in [1.54, 1.807) is 0 Å². The van der Waals surface area contributed by atoms with Crippen LogP contribution in [0.1, 0.15) is 36.0 Å². The fraction of sp³-hybridized carbons (Fsp3) is 0.524. The van der Waals surface area contributed by atoms with E-state index in [1.165, 1.54) is 0 Å². The van der Waals surface area contributed by atoms with Gasteiger partial charge in [-0.3, -0.25) is 9.59 Å². The molecule has 2 aromatic rings. The van der Waals surface area contributed by atoms with Gasteiger partial charge in [0.1, 0.15) is 0 Å². The van der Waals surface area contributed by atoms with Crippen molar-refractivity contribution in [1.29, 1.82) is 0 Å². The van der Waals surface area contributed by atoms with Crippen LogP contribution in [-0.2, 0) is 11.8 Å². The molecule has 0 aliphatic carbocycles. The Morgan fingerprint density at radius 3 is 2.89 bits per heavy atom. The monoisotopic (exact) mass is 368 g/mol. The molecule has 6 heteroatoms. The third-order valence-electron chi connectivity index (χ3n) is 5.88. The normalized spacial score (nSPS) is 22.9. The van der Waals surface area contributed by atoms with Gasteiger partial charge in [0.15, 0.2) is 0 Å². The van der Waals surface area contributed by atoms with E-state index in [1.807, 2.05) is 47.0 Å².